The Labute approximate surface area is 209 Å². The van der Waals surface area contributed by atoms with Gasteiger partial charge in [-0.25, -0.2) is 4.39 Å². The van der Waals surface area contributed by atoms with Gasteiger partial charge >= 0.3 is 0 Å². The van der Waals surface area contributed by atoms with E-state index in [0.717, 1.165) is 0 Å². The van der Waals surface area contributed by atoms with Crippen molar-refractivity contribution >= 4 is 29.2 Å². The normalized spacial score (nSPS) is 11.0. The smallest absolute Gasteiger partial charge is 0.251 e. The zero-order chi connectivity index (χ0) is 25.9. The molecule has 3 N–H and O–H groups in total. The van der Waals surface area contributed by atoms with Crippen LogP contribution in [0, 0.1) is 5.82 Å². The van der Waals surface area contributed by atoms with Crippen molar-refractivity contribution in [3.8, 4) is 17.2 Å². The number of phenolic OH excluding ortho intramolecular Hbond substituents is 1. The Morgan fingerprint density at radius 1 is 0.944 bits per heavy atom. The topological polar surface area (TPSA) is 96.9 Å². The highest BCUT2D eigenvalue weighted by molar-refractivity contribution is 6.24. The molecule has 0 spiro atoms. The predicted molar refractivity (Wildman–Crippen MR) is 137 cm³/mol. The third-order valence-electron chi connectivity index (χ3n) is 5.33. The van der Waals surface area contributed by atoms with Crippen molar-refractivity contribution in [3.05, 3.63) is 83.7 Å². The number of halogens is 1. The van der Waals surface area contributed by atoms with E-state index in [9.17, 15) is 19.1 Å². The van der Waals surface area contributed by atoms with Crippen molar-refractivity contribution in [1.29, 1.82) is 0 Å². The molecule has 0 fully saturated rings. The Balaban J connectivity index is 1.63. The molecule has 2 amide bonds. The molecular formula is C28H29FN2O5. The SMILES string of the molecule is COc1cc(/C=C(\C(=O)NCCCCC(=O)Nc2cccc(O)c2)c2ccc(F)cc2)cc(OC)c1. The first kappa shape index (κ1) is 26.3. The second-order valence-corrected chi connectivity index (χ2v) is 8.02. The summed E-state index contributed by atoms with van der Waals surface area (Å²) in [5, 5.41) is 15.1. The van der Waals surface area contributed by atoms with E-state index in [-0.39, 0.29) is 24.0 Å². The molecule has 0 unspecified atom stereocenters. The second-order valence-electron chi connectivity index (χ2n) is 8.02. The van der Waals surface area contributed by atoms with E-state index in [1.165, 1.54) is 24.3 Å². The van der Waals surface area contributed by atoms with Gasteiger partial charge in [0.05, 0.1) is 14.2 Å². The first-order valence-corrected chi connectivity index (χ1v) is 11.5. The summed E-state index contributed by atoms with van der Waals surface area (Å²) in [6.45, 7) is 0.359. The third kappa shape index (κ3) is 7.87. The Morgan fingerprint density at radius 2 is 1.64 bits per heavy atom. The van der Waals surface area contributed by atoms with Crippen LogP contribution in [0.15, 0.2) is 66.7 Å². The van der Waals surface area contributed by atoms with Crippen molar-refractivity contribution in [2.24, 2.45) is 0 Å². The van der Waals surface area contributed by atoms with Crippen molar-refractivity contribution in [3.63, 3.8) is 0 Å². The van der Waals surface area contributed by atoms with Crippen LogP contribution in [-0.4, -0.2) is 37.7 Å². The van der Waals surface area contributed by atoms with Crippen LogP contribution in [0.3, 0.4) is 0 Å². The van der Waals surface area contributed by atoms with Gasteiger partial charge in [0.2, 0.25) is 5.91 Å². The number of amides is 2. The lowest BCUT2D eigenvalue weighted by atomic mass is 10.0. The summed E-state index contributed by atoms with van der Waals surface area (Å²) < 4.78 is 24.1. The van der Waals surface area contributed by atoms with Crippen molar-refractivity contribution in [2.45, 2.75) is 19.3 Å². The maximum atomic E-state index is 13.5. The Kier molecular flexibility index (Phi) is 9.45. The molecule has 3 aromatic carbocycles. The summed E-state index contributed by atoms with van der Waals surface area (Å²) in [6, 6.07) is 17.3. The van der Waals surface area contributed by atoms with Crippen molar-refractivity contribution in [1.82, 2.24) is 5.32 Å². The molecule has 0 bridgehead atoms. The van der Waals surface area contributed by atoms with Crippen LogP contribution < -0.4 is 20.1 Å². The number of ether oxygens (including phenoxy) is 2. The molecule has 36 heavy (non-hydrogen) atoms. The van der Waals surface area contributed by atoms with E-state index < -0.39 is 5.82 Å². The van der Waals surface area contributed by atoms with E-state index in [1.807, 2.05) is 0 Å². The van der Waals surface area contributed by atoms with Crippen molar-refractivity contribution in [2.75, 3.05) is 26.1 Å². The fourth-order valence-corrected chi connectivity index (χ4v) is 3.50. The summed E-state index contributed by atoms with van der Waals surface area (Å²) >= 11 is 0. The Bertz CT molecular complexity index is 1200. The lowest BCUT2D eigenvalue weighted by molar-refractivity contribution is -0.116. The van der Waals surface area contributed by atoms with Crippen molar-refractivity contribution < 1.29 is 28.6 Å². The second kappa shape index (κ2) is 12.9. The number of nitrogens with one attached hydrogen (secondary N) is 2. The molecule has 3 rings (SSSR count). The van der Waals surface area contributed by atoms with Gasteiger partial charge in [0.15, 0.2) is 0 Å². The van der Waals surface area contributed by atoms with Crippen LogP contribution in [0.1, 0.15) is 30.4 Å². The average Bonchev–Trinajstić information content (AvgIpc) is 2.87. The molecule has 0 aromatic heterocycles. The minimum Gasteiger partial charge on any atom is -0.508 e. The summed E-state index contributed by atoms with van der Waals surface area (Å²) in [5.41, 5.74) is 2.12. The number of carbonyl (C=O) groups excluding carboxylic acids is 2. The molecule has 0 saturated heterocycles. The number of benzene rings is 3. The van der Waals surface area contributed by atoms with Gasteiger partial charge < -0.3 is 25.2 Å². The molecule has 0 aliphatic rings. The van der Waals surface area contributed by atoms with E-state index in [1.54, 1.807) is 62.8 Å². The molecule has 0 radical (unpaired) electrons. The number of hydrogen-bond donors (Lipinski definition) is 3. The third-order valence-corrected chi connectivity index (χ3v) is 5.33. The fourth-order valence-electron chi connectivity index (χ4n) is 3.50. The summed E-state index contributed by atoms with van der Waals surface area (Å²) in [7, 11) is 3.08. The summed E-state index contributed by atoms with van der Waals surface area (Å²) in [6.07, 6.45) is 3.11. The molecular weight excluding hydrogens is 463 g/mol. The van der Waals surface area contributed by atoms with Crippen LogP contribution in [0.2, 0.25) is 0 Å². The van der Waals surface area contributed by atoms with E-state index in [0.29, 0.717) is 53.3 Å². The fraction of sp³-hybridized carbons (Fsp3) is 0.214. The van der Waals surface area contributed by atoms with Gasteiger partial charge in [-0.2, -0.15) is 0 Å². The lowest BCUT2D eigenvalue weighted by Gasteiger charge is -2.11. The Morgan fingerprint density at radius 3 is 2.28 bits per heavy atom. The highest BCUT2D eigenvalue weighted by Crippen LogP contribution is 2.26. The first-order chi connectivity index (χ1) is 17.4. The monoisotopic (exact) mass is 492 g/mol. The van der Waals surface area contributed by atoms with Crippen LogP contribution in [0.25, 0.3) is 11.6 Å². The maximum absolute atomic E-state index is 13.5. The minimum absolute atomic E-state index is 0.0768. The lowest BCUT2D eigenvalue weighted by Crippen LogP contribution is -2.25. The molecule has 0 aliphatic heterocycles. The molecule has 0 saturated carbocycles. The standard InChI is InChI=1S/C28H29FN2O5/c1-35-24-14-19(15-25(18-24)36-2)16-26(20-9-11-21(29)12-10-20)28(34)30-13-4-3-8-27(33)31-22-6-5-7-23(32)17-22/h5-7,9-12,14-18,32H,3-4,8,13H2,1-2H3,(H,30,34)(H,31,33)/b26-16-. The average molecular weight is 493 g/mol. The van der Waals surface area contributed by atoms with Gasteiger partial charge in [-0.1, -0.05) is 18.2 Å². The molecule has 188 valence electrons. The van der Waals surface area contributed by atoms with Gasteiger partial charge in [0.25, 0.3) is 5.91 Å². The summed E-state index contributed by atoms with van der Waals surface area (Å²) in [4.78, 5) is 25.2. The van der Waals surface area contributed by atoms with Crippen LogP contribution >= 0.6 is 0 Å². The summed E-state index contributed by atoms with van der Waals surface area (Å²) in [5.74, 6) is 0.323. The van der Waals surface area contributed by atoms with Gasteiger partial charge in [-0.3, -0.25) is 9.59 Å². The van der Waals surface area contributed by atoms with Crippen LogP contribution in [0.4, 0.5) is 10.1 Å². The largest absolute Gasteiger partial charge is 0.508 e. The first-order valence-electron chi connectivity index (χ1n) is 11.5. The predicted octanol–water partition coefficient (Wildman–Crippen LogP) is 5.01. The van der Waals surface area contributed by atoms with Gasteiger partial charge in [0, 0.05) is 36.4 Å². The number of rotatable bonds is 11. The highest BCUT2D eigenvalue weighted by atomic mass is 19.1. The van der Waals surface area contributed by atoms with Crippen LogP contribution in [-0.2, 0) is 9.59 Å². The molecule has 3 aromatic rings. The molecule has 0 heterocycles. The highest BCUT2D eigenvalue weighted by Gasteiger charge is 2.13. The van der Waals surface area contributed by atoms with Gasteiger partial charge in [-0.15, -0.1) is 0 Å². The molecule has 0 aliphatic carbocycles. The number of anilines is 1. The quantitative estimate of drug-likeness (QED) is 0.199. The van der Waals surface area contributed by atoms with E-state index >= 15 is 0 Å². The number of unbranched alkanes of at least 4 members (excludes halogenated alkanes) is 1. The number of aromatic hydroxyl groups is 1. The maximum Gasteiger partial charge on any atom is 0.251 e. The van der Waals surface area contributed by atoms with Crippen LogP contribution in [0.5, 0.6) is 17.2 Å². The molecule has 8 heteroatoms. The minimum atomic E-state index is -0.398. The molecule has 7 nitrogen and oxygen atoms in total. The molecule has 0 atom stereocenters. The number of methoxy groups -OCH3 is 2. The van der Waals surface area contributed by atoms with E-state index in [2.05, 4.69) is 10.6 Å². The van der Waals surface area contributed by atoms with E-state index in [4.69, 9.17) is 9.47 Å². The Hall–Kier alpha value is -4.33. The van der Waals surface area contributed by atoms with Gasteiger partial charge in [0.1, 0.15) is 23.1 Å². The zero-order valence-electron chi connectivity index (χ0n) is 20.2. The number of carbonyl (C=O) groups is 2. The number of hydrogen-bond acceptors (Lipinski definition) is 5. The van der Waals surface area contributed by atoms with Gasteiger partial charge in [-0.05, 0) is 66.4 Å². The zero-order valence-corrected chi connectivity index (χ0v) is 20.2. The number of phenols is 1.